The molecule has 0 bridgehead atoms. The molecular weight excluding hydrogens is 534 g/mol. The molecule has 0 saturated carbocycles. The molecule has 232 valence electrons. The van der Waals surface area contributed by atoms with Crippen LogP contribution in [-0.2, 0) is 28.7 Å². The van der Waals surface area contributed by atoms with Gasteiger partial charge < -0.3 is 31.1 Å². The Labute approximate surface area is 241 Å². The summed E-state index contributed by atoms with van der Waals surface area (Å²) in [7, 11) is 0. The number of carbonyl (C=O) groups excluding carboxylic acids is 5. The van der Waals surface area contributed by atoms with E-state index < -0.39 is 66.0 Å². The Morgan fingerprint density at radius 2 is 1.34 bits per heavy atom. The van der Waals surface area contributed by atoms with Crippen LogP contribution in [0.5, 0.6) is 0 Å². The Morgan fingerprint density at radius 3 is 1.76 bits per heavy atom. The van der Waals surface area contributed by atoms with E-state index in [2.05, 4.69) is 31.3 Å². The number of hydrogen-bond acceptors (Lipinski definition) is 8. The first kappa shape index (κ1) is 35.8. The lowest BCUT2D eigenvalue weighted by Gasteiger charge is -2.31. The van der Waals surface area contributed by atoms with Crippen molar-refractivity contribution < 1.29 is 33.8 Å². The minimum atomic E-state index is -1.41. The summed E-state index contributed by atoms with van der Waals surface area (Å²) < 4.78 is 5.26. The number of amides is 4. The normalized spacial score (nSPS) is 21.1. The highest BCUT2D eigenvalue weighted by molar-refractivity contribution is 5.99. The molecule has 1 saturated heterocycles. The van der Waals surface area contributed by atoms with Crippen LogP contribution in [0.2, 0.25) is 0 Å². The van der Waals surface area contributed by atoms with E-state index in [1.165, 1.54) is 6.92 Å². The van der Waals surface area contributed by atoms with Gasteiger partial charge in [0.15, 0.2) is 5.78 Å². The molecule has 41 heavy (non-hydrogen) atoms. The van der Waals surface area contributed by atoms with E-state index in [1.807, 2.05) is 27.7 Å². The van der Waals surface area contributed by atoms with Crippen LogP contribution < -0.4 is 21.3 Å². The molecule has 1 heterocycles. The van der Waals surface area contributed by atoms with E-state index in [1.54, 1.807) is 20.8 Å². The fourth-order valence-corrected chi connectivity index (χ4v) is 4.19. The number of rotatable bonds is 18. The second-order valence-corrected chi connectivity index (χ2v) is 11.5. The maximum Gasteiger partial charge on any atom is 0.245 e. The number of epoxide rings is 1. The quantitative estimate of drug-likeness (QED) is 0.0687. The third kappa shape index (κ3) is 10.9. The van der Waals surface area contributed by atoms with E-state index in [4.69, 9.17) is 10.3 Å². The van der Waals surface area contributed by atoms with E-state index in [9.17, 15) is 29.1 Å². The second-order valence-electron chi connectivity index (χ2n) is 11.5. The molecule has 1 fully saturated rings. The van der Waals surface area contributed by atoms with E-state index >= 15 is 0 Å². The van der Waals surface area contributed by atoms with Crippen LogP contribution in [0.15, 0.2) is 5.11 Å². The fourth-order valence-electron chi connectivity index (χ4n) is 4.19. The monoisotopic (exact) mass is 581 g/mol. The van der Waals surface area contributed by atoms with Crippen molar-refractivity contribution in [3.05, 3.63) is 10.4 Å². The van der Waals surface area contributed by atoms with Gasteiger partial charge in [0.2, 0.25) is 23.6 Å². The molecule has 8 atom stereocenters. The minimum Gasteiger partial charge on any atom is -0.391 e. The van der Waals surface area contributed by atoms with Gasteiger partial charge in [-0.3, -0.25) is 24.0 Å². The van der Waals surface area contributed by atoms with Gasteiger partial charge in [0.25, 0.3) is 0 Å². The SMILES string of the molecule is CC[C@H](C)[C@H](NC(=O)CN=[N+]=[N-])C(=O)N[C@H](C(=O)N[C@H](C(=O)N[C@@H](CC(C)C)C(=O)[C@]1(C)CO1)[C@H](C)O)[C@@H](C)CC. The average molecular weight is 582 g/mol. The highest BCUT2D eigenvalue weighted by Crippen LogP contribution is 2.29. The second kappa shape index (κ2) is 16.3. The van der Waals surface area contributed by atoms with Gasteiger partial charge in [0.05, 0.1) is 18.8 Å². The molecule has 1 rings (SSSR count). The summed E-state index contributed by atoms with van der Waals surface area (Å²) in [6, 6.07) is -4.39. The van der Waals surface area contributed by atoms with Crippen molar-refractivity contribution >= 4 is 29.4 Å². The van der Waals surface area contributed by atoms with Gasteiger partial charge in [-0.2, -0.15) is 0 Å². The first-order chi connectivity index (χ1) is 19.1. The lowest BCUT2D eigenvalue weighted by molar-refractivity contribution is -0.137. The zero-order valence-corrected chi connectivity index (χ0v) is 25.4. The maximum absolute atomic E-state index is 13.4. The van der Waals surface area contributed by atoms with E-state index in [0.717, 1.165) is 0 Å². The number of nitrogens with one attached hydrogen (secondary N) is 4. The van der Waals surface area contributed by atoms with Crippen LogP contribution in [-0.4, -0.2) is 83.5 Å². The molecule has 0 aromatic heterocycles. The Kier molecular flexibility index (Phi) is 14.2. The summed E-state index contributed by atoms with van der Waals surface area (Å²) in [6.07, 6.45) is 0.0514. The van der Waals surface area contributed by atoms with Gasteiger partial charge in [-0.15, -0.1) is 0 Å². The predicted molar refractivity (Wildman–Crippen MR) is 151 cm³/mol. The number of azide groups is 1. The number of nitrogens with zero attached hydrogens (tertiary/aromatic N) is 3. The molecule has 0 unspecified atom stereocenters. The van der Waals surface area contributed by atoms with Gasteiger partial charge in [0.1, 0.15) is 30.3 Å². The summed E-state index contributed by atoms with van der Waals surface area (Å²) in [6.45, 7) is 13.7. The molecule has 0 aromatic rings. The van der Waals surface area contributed by atoms with Crippen LogP contribution >= 0.6 is 0 Å². The van der Waals surface area contributed by atoms with Crippen LogP contribution in [0, 0.1) is 17.8 Å². The van der Waals surface area contributed by atoms with Gasteiger partial charge in [0, 0.05) is 4.91 Å². The number of hydrogen-bond donors (Lipinski definition) is 5. The van der Waals surface area contributed by atoms with E-state index in [-0.39, 0.29) is 30.1 Å². The van der Waals surface area contributed by atoms with Gasteiger partial charge >= 0.3 is 0 Å². The van der Waals surface area contributed by atoms with Crippen molar-refractivity contribution in [2.24, 2.45) is 22.9 Å². The van der Waals surface area contributed by atoms with Crippen LogP contribution in [0.3, 0.4) is 0 Å². The first-order valence-corrected chi connectivity index (χ1v) is 14.2. The number of ether oxygens (including phenoxy) is 1. The lowest BCUT2D eigenvalue weighted by Crippen LogP contribution is -2.62. The van der Waals surface area contributed by atoms with Crippen LogP contribution in [0.1, 0.15) is 74.7 Å². The number of Topliss-reactive ketones (excluding diaryl/α,β-unsaturated/α-hetero) is 1. The Bertz CT molecular complexity index is 992. The van der Waals surface area contributed by atoms with Crippen molar-refractivity contribution in [3.63, 3.8) is 0 Å². The third-order valence-electron chi connectivity index (χ3n) is 7.38. The molecular formula is C27H47N7O7. The summed E-state index contributed by atoms with van der Waals surface area (Å²) in [5.74, 6) is -3.61. The predicted octanol–water partition coefficient (Wildman–Crippen LogP) is 1.11. The summed E-state index contributed by atoms with van der Waals surface area (Å²) >= 11 is 0. The van der Waals surface area contributed by atoms with Crippen LogP contribution in [0.25, 0.3) is 10.4 Å². The summed E-state index contributed by atoms with van der Waals surface area (Å²) in [5, 5.41) is 24.1. The molecule has 0 radical (unpaired) electrons. The Hall–Kier alpha value is -3.22. The average Bonchev–Trinajstić information content (AvgIpc) is 3.67. The summed E-state index contributed by atoms with van der Waals surface area (Å²) in [4.78, 5) is 67.6. The third-order valence-corrected chi connectivity index (χ3v) is 7.38. The Morgan fingerprint density at radius 1 is 0.878 bits per heavy atom. The first-order valence-electron chi connectivity index (χ1n) is 14.2. The van der Waals surface area contributed by atoms with Crippen molar-refractivity contribution in [3.8, 4) is 0 Å². The molecule has 4 amide bonds. The highest BCUT2D eigenvalue weighted by Gasteiger charge is 2.50. The number of aliphatic hydroxyl groups excluding tert-OH is 1. The van der Waals surface area contributed by atoms with E-state index in [0.29, 0.717) is 19.3 Å². The van der Waals surface area contributed by atoms with Crippen molar-refractivity contribution in [1.82, 2.24) is 21.3 Å². The molecule has 5 N–H and O–H groups in total. The zero-order chi connectivity index (χ0) is 31.5. The molecule has 0 spiro atoms. The van der Waals surface area contributed by atoms with Crippen LogP contribution in [0.4, 0.5) is 0 Å². The number of carbonyl (C=O) groups is 5. The zero-order valence-electron chi connectivity index (χ0n) is 25.4. The number of ketones is 1. The Balaban J connectivity index is 3.12. The van der Waals surface area contributed by atoms with Crippen molar-refractivity contribution in [1.29, 1.82) is 0 Å². The lowest BCUT2D eigenvalue weighted by atomic mass is 9.93. The highest BCUT2D eigenvalue weighted by atomic mass is 16.6. The summed E-state index contributed by atoms with van der Waals surface area (Å²) in [5.41, 5.74) is 7.50. The van der Waals surface area contributed by atoms with Crippen molar-refractivity contribution in [2.45, 2.75) is 111 Å². The van der Waals surface area contributed by atoms with Gasteiger partial charge in [-0.1, -0.05) is 59.5 Å². The van der Waals surface area contributed by atoms with Gasteiger partial charge in [-0.25, -0.2) is 0 Å². The van der Waals surface area contributed by atoms with Gasteiger partial charge in [-0.05, 0) is 43.6 Å². The topological polar surface area (TPSA) is 215 Å². The van der Waals surface area contributed by atoms with Crippen molar-refractivity contribution in [2.75, 3.05) is 13.2 Å². The molecule has 14 nitrogen and oxygen atoms in total. The minimum absolute atomic E-state index is 0.0712. The molecule has 1 aliphatic heterocycles. The largest absolute Gasteiger partial charge is 0.391 e. The smallest absolute Gasteiger partial charge is 0.245 e. The molecule has 0 aliphatic carbocycles. The molecule has 1 aliphatic rings. The maximum atomic E-state index is 13.4. The molecule has 0 aromatic carbocycles. The number of aliphatic hydroxyl groups is 1. The standard InChI is InChI=1S/C27H47N7O7/c1-9-15(5)20(31-19(36)12-29-34-28)24(38)32-21(16(6)10-2)25(39)33-22(17(7)35)26(40)30-18(11-14(3)4)23(37)27(8)13-41-27/h14-18,20-22,35H,9-13H2,1-8H3,(H,30,40)(H,31,36)(H,32,38)(H,33,39)/t15-,16-,17-,18-,20-,21-,22-,27-/m0/s1. The fraction of sp³-hybridized carbons (Fsp3) is 0.815. The molecule has 14 heteroatoms.